The number of methoxy groups -OCH3 is 1. The van der Waals surface area contributed by atoms with Gasteiger partial charge in [0, 0.05) is 50.9 Å². The number of carbonyl (C=O) groups is 1. The summed E-state index contributed by atoms with van der Waals surface area (Å²) >= 11 is 0. The van der Waals surface area contributed by atoms with Crippen molar-refractivity contribution in [3.63, 3.8) is 0 Å². The van der Waals surface area contributed by atoms with Crippen LogP contribution >= 0.6 is 0 Å². The van der Waals surface area contributed by atoms with Crippen molar-refractivity contribution in [3.05, 3.63) is 35.9 Å². The Kier molecular flexibility index (Phi) is 7.02. The van der Waals surface area contributed by atoms with Crippen molar-refractivity contribution < 1.29 is 14.3 Å². The number of hydrogen-bond acceptors (Lipinski definition) is 7. The van der Waals surface area contributed by atoms with Gasteiger partial charge in [-0.2, -0.15) is 0 Å². The van der Waals surface area contributed by atoms with Crippen LogP contribution in [0.4, 0.5) is 5.82 Å². The number of nitrogens with one attached hydrogen (secondary N) is 2. The Labute approximate surface area is 183 Å². The van der Waals surface area contributed by atoms with Crippen molar-refractivity contribution in [2.45, 2.75) is 50.5 Å². The lowest BCUT2D eigenvalue weighted by atomic mass is 9.98. The highest BCUT2D eigenvalue weighted by Gasteiger charge is 2.33. The third kappa shape index (κ3) is 5.15. The number of piperidine rings is 1. The van der Waals surface area contributed by atoms with Gasteiger partial charge in [-0.3, -0.25) is 4.79 Å². The van der Waals surface area contributed by atoms with Gasteiger partial charge >= 0.3 is 0 Å². The van der Waals surface area contributed by atoms with E-state index >= 15 is 0 Å². The molecule has 168 valence electrons. The van der Waals surface area contributed by atoms with Crippen LogP contribution in [-0.4, -0.2) is 68.7 Å². The first kappa shape index (κ1) is 22.0. The lowest BCUT2D eigenvalue weighted by molar-refractivity contribution is 0.0359. The van der Waals surface area contributed by atoms with Crippen LogP contribution in [0.1, 0.15) is 36.5 Å². The molecule has 2 aliphatic rings. The van der Waals surface area contributed by atoms with Gasteiger partial charge < -0.3 is 30.7 Å². The molecular weight excluding hydrogens is 394 g/mol. The van der Waals surface area contributed by atoms with Crippen LogP contribution in [0.15, 0.2) is 30.3 Å². The highest BCUT2D eigenvalue weighted by atomic mass is 16.5. The lowest BCUT2D eigenvalue weighted by Gasteiger charge is -2.41. The van der Waals surface area contributed by atoms with Gasteiger partial charge in [0.25, 0.3) is 5.91 Å². The number of hydrogen-bond donors (Lipinski definition) is 3. The topological polar surface area (TPSA) is 102 Å². The van der Waals surface area contributed by atoms with E-state index < -0.39 is 6.17 Å². The Morgan fingerprint density at radius 3 is 2.81 bits per heavy atom. The Balaban J connectivity index is 1.57. The van der Waals surface area contributed by atoms with Crippen molar-refractivity contribution >= 4 is 22.6 Å². The minimum Gasteiger partial charge on any atom is -0.381 e. The number of ether oxygens (including phenoxy) is 2. The fourth-order valence-corrected chi connectivity index (χ4v) is 4.50. The highest BCUT2D eigenvalue weighted by molar-refractivity contribution is 6.02. The molecule has 1 amide bonds. The molecule has 2 aliphatic heterocycles. The minimum absolute atomic E-state index is 0.00853. The third-order valence-electron chi connectivity index (χ3n) is 6.14. The zero-order valence-corrected chi connectivity index (χ0v) is 18.3. The lowest BCUT2D eigenvalue weighted by Crippen LogP contribution is -2.56. The van der Waals surface area contributed by atoms with Crippen molar-refractivity contribution in [2.24, 2.45) is 5.73 Å². The van der Waals surface area contributed by atoms with Crippen LogP contribution in [0, 0.1) is 0 Å². The van der Waals surface area contributed by atoms with Crippen LogP contribution in [0.3, 0.4) is 0 Å². The molecule has 8 nitrogen and oxygen atoms in total. The molecule has 0 saturated carbocycles. The SMILES string of the molecule is COC1CN(c2nc3ccccc3cc2C(=O)NC(C)N)CCC1NC1CCOCC1. The Bertz CT molecular complexity index is 900. The van der Waals surface area contributed by atoms with Gasteiger partial charge in [-0.1, -0.05) is 18.2 Å². The maximum Gasteiger partial charge on any atom is 0.256 e. The maximum atomic E-state index is 12.9. The number of nitrogens with zero attached hydrogens (tertiary/aromatic N) is 2. The second-order valence-electron chi connectivity index (χ2n) is 8.48. The number of pyridine rings is 1. The molecule has 0 spiro atoms. The first-order valence-electron chi connectivity index (χ1n) is 11.1. The van der Waals surface area contributed by atoms with E-state index in [9.17, 15) is 4.79 Å². The fraction of sp³-hybridized carbons (Fsp3) is 0.565. The number of benzene rings is 1. The standard InChI is InChI=1S/C23H33N5O3/c1-15(24)25-23(29)18-13-16-5-3-4-6-19(16)27-22(18)28-10-7-20(21(14-28)30-2)26-17-8-11-31-12-9-17/h3-6,13,15,17,20-21,26H,7-12,14,24H2,1-2H3,(H,25,29). The zero-order chi connectivity index (χ0) is 21.8. The van der Waals surface area contributed by atoms with Crippen LogP contribution in [-0.2, 0) is 9.47 Å². The van der Waals surface area contributed by atoms with E-state index in [1.54, 1.807) is 14.0 Å². The second-order valence-corrected chi connectivity index (χ2v) is 8.48. The predicted molar refractivity (Wildman–Crippen MR) is 121 cm³/mol. The van der Waals surface area contributed by atoms with Crippen LogP contribution in [0.5, 0.6) is 0 Å². The number of nitrogens with two attached hydrogens (primary N) is 1. The first-order valence-corrected chi connectivity index (χ1v) is 11.1. The van der Waals surface area contributed by atoms with E-state index in [1.807, 2.05) is 30.3 Å². The summed E-state index contributed by atoms with van der Waals surface area (Å²) in [5.41, 5.74) is 7.23. The maximum absolute atomic E-state index is 12.9. The molecule has 2 aromatic rings. The van der Waals surface area contributed by atoms with Gasteiger partial charge in [0.05, 0.1) is 23.3 Å². The number of fused-ring (bicyclic) bond motifs is 1. The predicted octanol–water partition coefficient (Wildman–Crippen LogP) is 1.63. The Morgan fingerprint density at radius 2 is 2.06 bits per heavy atom. The quantitative estimate of drug-likeness (QED) is 0.602. The first-order chi connectivity index (χ1) is 15.0. The molecule has 2 fully saturated rings. The number of para-hydroxylation sites is 1. The zero-order valence-electron chi connectivity index (χ0n) is 18.3. The summed E-state index contributed by atoms with van der Waals surface area (Å²) in [6.07, 6.45) is 2.55. The molecule has 1 aromatic heterocycles. The average molecular weight is 428 g/mol. The van der Waals surface area contributed by atoms with E-state index in [2.05, 4.69) is 15.5 Å². The molecule has 0 radical (unpaired) electrons. The van der Waals surface area contributed by atoms with Crippen molar-refractivity contribution in [1.29, 1.82) is 0 Å². The molecule has 3 heterocycles. The summed E-state index contributed by atoms with van der Waals surface area (Å²) in [4.78, 5) is 20.0. The van der Waals surface area contributed by atoms with Gasteiger partial charge in [0.1, 0.15) is 5.82 Å². The second kappa shape index (κ2) is 9.91. The summed E-state index contributed by atoms with van der Waals surface area (Å²) in [6, 6.07) is 10.5. The molecular formula is C23H33N5O3. The van der Waals surface area contributed by atoms with Gasteiger partial charge in [-0.05, 0) is 38.3 Å². The number of carbonyl (C=O) groups excluding carboxylic acids is 1. The van der Waals surface area contributed by atoms with Crippen molar-refractivity contribution in [2.75, 3.05) is 38.3 Å². The largest absolute Gasteiger partial charge is 0.381 e. The number of amides is 1. The molecule has 2 saturated heterocycles. The normalized spacial score (nSPS) is 23.6. The summed E-state index contributed by atoms with van der Waals surface area (Å²) in [5.74, 6) is 0.475. The Hall–Kier alpha value is -2.26. The molecule has 4 rings (SSSR count). The molecule has 1 aromatic carbocycles. The van der Waals surface area contributed by atoms with E-state index in [1.165, 1.54) is 0 Å². The van der Waals surface area contributed by atoms with Gasteiger partial charge in [0.2, 0.25) is 0 Å². The minimum atomic E-state index is -0.437. The van der Waals surface area contributed by atoms with E-state index in [0.29, 0.717) is 24.0 Å². The molecule has 3 atom stereocenters. The van der Waals surface area contributed by atoms with Crippen LogP contribution < -0.4 is 21.3 Å². The third-order valence-corrected chi connectivity index (χ3v) is 6.14. The average Bonchev–Trinajstić information content (AvgIpc) is 2.78. The highest BCUT2D eigenvalue weighted by Crippen LogP contribution is 2.27. The number of anilines is 1. The van der Waals surface area contributed by atoms with Crippen molar-refractivity contribution in [3.8, 4) is 0 Å². The van der Waals surface area contributed by atoms with Gasteiger partial charge in [-0.25, -0.2) is 4.98 Å². The number of aromatic nitrogens is 1. The molecule has 0 aliphatic carbocycles. The van der Waals surface area contributed by atoms with Gasteiger partial charge in [-0.15, -0.1) is 0 Å². The molecule has 8 heteroatoms. The molecule has 31 heavy (non-hydrogen) atoms. The fourth-order valence-electron chi connectivity index (χ4n) is 4.50. The van der Waals surface area contributed by atoms with Gasteiger partial charge in [0.15, 0.2) is 0 Å². The summed E-state index contributed by atoms with van der Waals surface area (Å²) in [5, 5.41) is 7.52. The van der Waals surface area contributed by atoms with E-state index in [0.717, 1.165) is 49.9 Å². The summed E-state index contributed by atoms with van der Waals surface area (Å²) in [7, 11) is 1.75. The van der Waals surface area contributed by atoms with E-state index in [-0.39, 0.29) is 18.1 Å². The molecule has 3 unspecified atom stereocenters. The molecule has 4 N–H and O–H groups in total. The summed E-state index contributed by atoms with van der Waals surface area (Å²) < 4.78 is 11.3. The molecule has 0 bridgehead atoms. The Morgan fingerprint density at radius 1 is 1.29 bits per heavy atom. The van der Waals surface area contributed by atoms with E-state index in [4.69, 9.17) is 20.2 Å². The van der Waals surface area contributed by atoms with Crippen LogP contribution in [0.2, 0.25) is 0 Å². The van der Waals surface area contributed by atoms with Crippen molar-refractivity contribution in [1.82, 2.24) is 15.6 Å². The monoisotopic (exact) mass is 427 g/mol. The smallest absolute Gasteiger partial charge is 0.256 e. The summed E-state index contributed by atoms with van der Waals surface area (Å²) in [6.45, 7) is 4.84. The number of rotatable bonds is 6. The van der Waals surface area contributed by atoms with Crippen LogP contribution in [0.25, 0.3) is 10.9 Å².